The summed E-state index contributed by atoms with van der Waals surface area (Å²) >= 11 is 4.34. The largest absolute Gasteiger partial charge is 0.361 e. The van der Waals surface area contributed by atoms with Crippen LogP contribution < -0.4 is 11.2 Å². The van der Waals surface area contributed by atoms with Crippen molar-refractivity contribution in [1.29, 1.82) is 0 Å². The molecule has 0 radical (unpaired) electrons. The Morgan fingerprint density at radius 2 is 1.81 bits per heavy atom. The standard InChI is InChI=1S/C19H28N2O3SSi/c1-13-11-15(25)7-8-16(13)17-14(2)18(22)21(19(23)20(17)3)12-24-9-10-26(4,5)6/h7-8,11,25H,9-10,12H2,1-6H3. The van der Waals surface area contributed by atoms with Crippen LogP contribution in [0.2, 0.25) is 25.7 Å². The summed E-state index contributed by atoms with van der Waals surface area (Å²) in [5.74, 6) is 0. The van der Waals surface area contributed by atoms with E-state index in [0.29, 0.717) is 17.9 Å². The number of ether oxygens (including phenoxy) is 1. The monoisotopic (exact) mass is 392 g/mol. The molecule has 2 aromatic rings. The van der Waals surface area contributed by atoms with Crippen LogP contribution in [0.1, 0.15) is 11.1 Å². The Bertz CT molecular complexity index is 889. The summed E-state index contributed by atoms with van der Waals surface area (Å²) in [5.41, 5.74) is 2.35. The van der Waals surface area contributed by atoms with Crippen LogP contribution in [-0.2, 0) is 18.5 Å². The predicted octanol–water partition coefficient (Wildman–Crippen LogP) is 3.43. The fourth-order valence-electron chi connectivity index (χ4n) is 2.86. The van der Waals surface area contributed by atoms with Gasteiger partial charge in [0.25, 0.3) is 5.56 Å². The molecule has 0 bridgehead atoms. The third kappa shape index (κ3) is 4.58. The fourth-order valence-corrected chi connectivity index (χ4v) is 3.89. The van der Waals surface area contributed by atoms with Gasteiger partial charge in [0.2, 0.25) is 0 Å². The average Bonchev–Trinajstić information content (AvgIpc) is 2.53. The van der Waals surface area contributed by atoms with Crippen LogP contribution in [0.5, 0.6) is 0 Å². The van der Waals surface area contributed by atoms with Gasteiger partial charge >= 0.3 is 5.69 Å². The minimum absolute atomic E-state index is 0.00827. The molecule has 0 fully saturated rings. The van der Waals surface area contributed by atoms with Gasteiger partial charge in [-0.3, -0.25) is 9.36 Å². The van der Waals surface area contributed by atoms with Crippen LogP contribution >= 0.6 is 12.6 Å². The van der Waals surface area contributed by atoms with E-state index in [9.17, 15) is 9.59 Å². The van der Waals surface area contributed by atoms with Gasteiger partial charge in [-0.05, 0) is 37.6 Å². The quantitative estimate of drug-likeness (QED) is 0.465. The van der Waals surface area contributed by atoms with E-state index in [1.807, 2.05) is 25.1 Å². The first kappa shape index (κ1) is 20.7. The van der Waals surface area contributed by atoms with E-state index in [0.717, 1.165) is 22.1 Å². The second-order valence-corrected chi connectivity index (χ2v) is 14.0. The molecule has 0 atom stereocenters. The number of hydrogen-bond acceptors (Lipinski definition) is 4. The van der Waals surface area contributed by atoms with Crippen LogP contribution in [0.25, 0.3) is 11.3 Å². The highest BCUT2D eigenvalue weighted by Crippen LogP contribution is 2.25. The van der Waals surface area contributed by atoms with Crippen molar-refractivity contribution in [2.24, 2.45) is 7.05 Å². The molecule has 0 spiro atoms. The third-order valence-electron chi connectivity index (χ3n) is 4.46. The molecule has 26 heavy (non-hydrogen) atoms. The Labute approximate surface area is 161 Å². The molecule has 0 saturated carbocycles. The summed E-state index contributed by atoms with van der Waals surface area (Å²) in [4.78, 5) is 26.4. The summed E-state index contributed by atoms with van der Waals surface area (Å²) in [5, 5.41) is 0. The van der Waals surface area contributed by atoms with Crippen molar-refractivity contribution in [2.75, 3.05) is 6.61 Å². The Morgan fingerprint density at radius 1 is 1.15 bits per heavy atom. The van der Waals surface area contributed by atoms with E-state index >= 15 is 0 Å². The van der Waals surface area contributed by atoms with Crippen molar-refractivity contribution in [3.8, 4) is 11.3 Å². The van der Waals surface area contributed by atoms with Gasteiger partial charge in [0.05, 0.1) is 5.69 Å². The molecule has 7 heteroatoms. The van der Waals surface area contributed by atoms with Crippen LogP contribution in [0.15, 0.2) is 32.7 Å². The van der Waals surface area contributed by atoms with Gasteiger partial charge in [0, 0.05) is 37.8 Å². The predicted molar refractivity (Wildman–Crippen MR) is 112 cm³/mol. The Balaban J connectivity index is 2.41. The van der Waals surface area contributed by atoms with Crippen LogP contribution in [0.3, 0.4) is 0 Å². The normalized spacial score (nSPS) is 11.8. The van der Waals surface area contributed by atoms with Gasteiger partial charge in [-0.15, -0.1) is 12.6 Å². The van der Waals surface area contributed by atoms with Crippen LogP contribution in [-0.4, -0.2) is 23.8 Å². The number of thiol groups is 1. The zero-order chi connectivity index (χ0) is 19.6. The number of benzene rings is 1. The van der Waals surface area contributed by atoms with Crippen molar-refractivity contribution >= 4 is 20.7 Å². The van der Waals surface area contributed by atoms with Crippen molar-refractivity contribution < 1.29 is 4.74 Å². The molecule has 1 aromatic carbocycles. The Morgan fingerprint density at radius 3 is 2.38 bits per heavy atom. The summed E-state index contributed by atoms with van der Waals surface area (Å²) < 4.78 is 8.33. The Kier molecular flexibility index (Phi) is 6.36. The number of rotatable bonds is 6. The van der Waals surface area contributed by atoms with Crippen LogP contribution in [0.4, 0.5) is 0 Å². The van der Waals surface area contributed by atoms with Crippen molar-refractivity contribution in [3.05, 3.63) is 50.2 Å². The maximum Gasteiger partial charge on any atom is 0.333 e. The molecule has 2 rings (SSSR count). The average molecular weight is 393 g/mol. The van der Waals surface area contributed by atoms with E-state index in [2.05, 4.69) is 32.3 Å². The molecular weight excluding hydrogens is 364 g/mol. The number of nitrogens with zero attached hydrogens (tertiary/aromatic N) is 2. The van der Waals surface area contributed by atoms with Gasteiger partial charge in [-0.2, -0.15) is 0 Å². The van der Waals surface area contributed by atoms with E-state index in [1.54, 1.807) is 14.0 Å². The van der Waals surface area contributed by atoms with Gasteiger partial charge in [0.1, 0.15) is 6.73 Å². The van der Waals surface area contributed by atoms with Gasteiger partial charge in [-0.25, -0.2) is 9.36 Å². The lowest BCUT2D eigenvalue weighted by Gasteiger charge is -2.18. The molecule has 0 saturated heterocycles. The highest BCUT2D eigenvalue weighted by molar-refractivity contribution is 7.80. The molecule has 142 valence electrons. The van der Waals surface area contributed by atoms with E-state index in [1.165, 1.54) is 9.13 Å². The first-order chi connectivity index (χ1) is 12.0. The van der Waals surface area contributed by atoms with E-state index in [-0.39, 0.29) is 18.0 Å². The maximum atomic E-state index is 12.8. The van der Waals surface area contributed by atoms with E-state index < -0.39 is 8.07 Å². The SMILES string of the molecule is Cc1cc(S)ccc1-c1c(C)c(=O)n(COCC[Si](C)(C)C)c(=O)n1C. The second kappa shape index (κ2) is 7.98. The van der Waals surface area contributed by atoms with Crippen molar-refractivity contribution in [3.63, 3.8) is 0 Å². The minimum Gasteiger partial charge on any atom is -0.361 e. The third-order valence-corrected chi connectivity index (χ3v) is 6.44. The first-order valence-electron chi connectivity index (χ1n) is 8.71. The topological polar surface area (TPSA) is 53.2 Å². The molecule has 0 N–H and O–H groups in total. The zero-order valence-corrected chi connectivity index (χ0v) is 18.3. The van der Waals surface area contributed by atoms with Crippen LogP contribution in [0, 0.1) is 13.8 Å². The Hall–Kier alpha value is -1.57. The highest BCUT2D eigenvalue weighted by Gasteiger charge is 2.18. The van der Waals surface area contributed by atoms with Gasteiger partial charge in [0.15, 0.2) is 0 Å². The summed E-state index contributed by atoms with van der Waals surface area (Å²) in [6.07, 6.45) is 0. The molecule has 0 aliphatic carbocycles. The lowest BCUT2D eigenvalue weighted by atomic mass is 10.0. The molecule has 5 nitrogen and oxygen atoms in total. The fraction of sp³-hybridized carbons (Fsp3) is 0.474. The number of hydrogen-bond donors (Lipinski definition) is 1. The number of aryl methyl sites for hydroxylation is 1. The smallest absolute Gasteiger partial charge is 0.333 e. The lowest BCUT2D eigenvalue weighted by molar-refractivity contribution is 0.0805. The second-order valence-electron chi connectivity index (χ2n) is 7.90. The molecule has 1 heterocycles. The molecule has 0 aliphatic heterocycles. The van der Waals surface area contributed by atoms with Crippen molar-refractivity contribution in [2.45, 2.75) is 51.2 Å². The van der Waals surface area contributed by atoms with Crippen molar-refractivity contribution in [1.82, 2.24) is 9.13 Å². The van der Waals surface area contributed by atoms with E-state index in [4.69, 9.17) is 4.74 Å². The molecular formula is C19H28N2O3SSi. The summed E-state index contributed by atoms with van der Waals surface area (Å²) in [6.45, 7) is 11.0. The first-order valence-corrected chi connectivity index (χ1v) is 12.9. The van der Waals surface area contributed by atoms with Gasteiger partial charge < -0.3 is 4.74 Å². The van der Waals surface area contributed by atoms with Gasteiger partial charge in [-0.1, -0.05) is 25.7 Å². The number of aromatic nitrogens is 2. The summed E-state index contributed by atoms with van der Waals surface area (Å²) in [6, 6.07) is 6.68. The zero-order valence-electron chi connectivity index (χ0n) is 16.4. The minimum atomic E-state index is -1.21. The molecule has 0 aliphatic rings. The maximum absolute atomic E-state index is 12.8. The lowest BCUT2D eigenvalue weighted by Crippen LogP contribution is -2.41. The summed E-state index contributed by atoms with van der Waals surface area (Å²) in [7, 11) is 0.481. The molecule has 1 aromatic heterocycles. The molecule has 0 unspecified atom stereocenters. The molecule has 0 amide bonds. The highest BCUT2D eigenvalue weighted by atomic mass is 32.1.